The maximum absolute atomic E-state index is 13.7. The van der Waals surface area contributed by atoms with E-state index >= 15 is 0 Å². The van der Waals surface area contributed by atoms with E-state index in [4.69, 9.17) is 9.68 Å². The Morgan fingerprint density at radius 3 is 3.04 bits per heavy atom. The highest BCUT2D eigenvalue weighted by Crippen LogP contribution is 2.27. The van der Waals surface area contributed by atoms with Crippen LogP contribution in [-0.2, 0) is 13.0 Å². The molecular weight excluding hydrogens is 309 g/mol. The Balaban J connectivity index is 1.61. The van der Waals surface area contributed by atoms with Gasteiger partial charge < -0.3 is 14.6 Å². The van der Waals surface area contributed by atoms with E-state index in [1.165, 1.54) is 12.1 Å². The van der Waals surface area contributed by atoms with E-state index in [0.29, 0.717) is 43.3 Å². The van der Waals surface area contributed by atoms with E-state index in [9.17, 15) is 4.39 Å². The summed E-state index contributed by atoms with van der Waals surface area (Å²) in [5.41, 5.74) is 2.64. The van der Waals surface area contributed by atoms with Crippen LogP contribution < -0.4 is 10.2 Å². The van der Waals surface area contributed by atoms with Crippen molar-refractivity contribution in [1.82, 2.24) is 10.3 Å². The molecule has 6 nitrogen and oxygen atoms in total. The van der Waals surface area contributed by atoms with E-state index in [2.05, 4.69) is 15.3 Å². The largest absolute Gasteiger partial charge is 0.440 e. The Morgan fingerprint density at radius 2 is 2.25 bits per heavy atom. The first-order valence-corrected chi connectivity index (χ1v) is 7.61. The van der Waals surface area contributed by atoms with Crippen LogP contribution in [0.25, 0.3) is 5.70 Å². The first-order chi connectivity index (χ1) is 11.7. The number of nitrogens with one attached hydrogen (secondary N) is 1. The van der Waals surface area contributed by atoms with Crippen molar-refractivity contribution in [2.75, 3.05) is 18.1 Å². The van der Waals surface area contributed by atoms with Crippen molar-refractivity contribution in [3.8, 4) is 6.07 Å². The van der Waals surface area contributed by atoms with Crippen LogP contribution in [0.15, 0.2) is 33.7 Å². The number of fused-ring (bicyclic) bond motifs is 1. The number of oxazole rings is 1. The molecule has 24 heavy (non-hydrogen) atoms. The van der Waals surface area contributed by atoms with Crippen LogP contribution in [0.2, 0.25) is 0 Å². The van der Waals surface area contributed by atoms with Crippen molar-refractivity contribution in [2.45, 2.75) is 13.0 Å². The molecule has 1 aromatic carbocycles. The van der Waals surface area contributed by atoms with Gasteiger partial charge in [-0.25, -0.2) is 9.37 Å². The van der Waals surface area contributed by atoms with E-state index < -0.39 is 5.82 Å². The molecule has 2 aliphatic rings. The van der Waals surface area contributed by atoms with Gasteiger partial charge >= 0.3 is 0 Å². The number of benzene rings is 1. The zero-order chi connectivity index (χ0) is 16.5. The Labute approximate surface area is 137 Å². The average molecular weight is 323 g/mol. The Hall–Kier alpha value is -3.14. The molecular formula is C17H14FN5O. The zero-order valence-corrected chi connectivity index (χ0v) is 12.8. The van der Waals surface area contributed by atoms with Gasteiger partial charge in [0.1, 0.15) is 29.6 Å². The molecule has 0 saturated carbocycles. The number of anilines is 1. The highest BCUT2D eigenvalue weighted by molar-refractivity contribution is 5.83. The van der Waals surface area contributed by atoms with Gasteiger partial charge in [-0.3, -0.25) is 4.99 Å². The second kappa shape index (κ2) is 5.81. The molecule has 0 bridgehead atoms. The third kappa shape index (κ3) is 2.63. The molecule has 0 aliphatic carbocycles. The predicted octanol–water partition coefficient (Wildman–Crippen LogP) is 2.22. The fourth-order valence-corrected chi connectivity index (χ4v) is 2.87. The number of hydrogen-bond donors (Lipinski definition) is 1. The van der Waals surface area contributed by atoms with Crippen LogP contribution in [0, 0.1) is 17.1 Å². The average Bonchev–Trinajstić information content (AvgIpc) is 3.05. The molecule has 0 spiro atoms. The molecule has 0 radical (unpaired) electrons. The number of halogens is 1. The van der Waals surface area contributed by atoms with Crippen LogP contribution in [0.3, 0.4) is 0 Å². The summed E-state index contributed by atoms with van der Waals surface area (Å²) in [4.78, 5) is 10.6. The number of nitrogens with zero attached hydrogens (tertiary/aromatic N) is 4. The fraction of sp³-hybridized carbons (Fsp3) is 0.235. The molecule has 3 heterocycles. The van der Waals surface area contributed by atoms with Crippen molar-refractivity contribution in [3.05, 3.63) is 53.0 Å². The maximum Gasteiger partial charge on any atom is 0.243 e. The van der Waals surface area contributed by atoms with Gasteiger partial charge in [-0.2, -0.15) is 5.26 Å². The quantitative estimate of drug-likeness (QED) is 0.917. The van der Waals surface area contributed by atoms with Crippen LogP contribution >= 0.6 is 0 Å². The van der Waals surface area contributed by atoms with Gasteiger partial charge in [0.2, 0.25) is 5.89 Å². The first kappa shape index (κ1) is 14.5. The molecule has 120 valence electrons. The summed E-state index contributed by atoms with van der Waals surface area (Å²) in [5.74, 6) is 0.986. The summed E-state index contributed by atoms with van der Waals surface area (Å²) in [6.45, 7) is 1.71. The van der Waals surface area contributed by atoms with Gasteiger partial charge in [0.15, 0.2) is 0 Å². The van der Waals surface area contributed by atoms with Crippen LogP contribution in [-0.4, -0.2) is 24.4 Å². The lowest BCUT2D eigenvalue weighted by atomic mass is 10.1. The smallest absolute Gasteiger partial charge is 0.243 e. The van der Waals surface area contributed by atoms with Crippen molar-refractivity contribution in [2.24, 2.45) is 4.99 Å². The van der Waals surface area contributed by atoms with Crippen molar-refractivity contribution in [3.63, 3.8) is 0 Å². The summed E-state index contributed by atoms with van der Waals surface area (Å²) < 4.78 is 19.5. The minimum atomic E-state index is -0.411. The molecule has 0 saturated heterocycles. The van der Waals surface area contributed by atoms with Crippen molar-refractivity contribution < 1.29 is 8.81 Å². The van der Waals surface area contributed by atoms with Gasteiger partial charge in [-0.05, 0) is 24.3 Å². The molecule has 1 aromatic heterocycles. The van der Waals surface area contributed by atoms with Crippen molar-refractivity contribution >= 4 is 17.6 Å². The summed E-state index contributed by atoms with van der Waals surface area (Å²) in [7, 11) is 0. The molecule has 1 N–H and O–H groups in total. The Kier molecular flexibility index (Phi) is 3.50. The Bertz CT molecular complexity index is 893. The van der Waals surface area contributed by atoms with Crippen LogP contribution in [0.1, 0.15) is 22.9 Å². The second-order valence-electron chi connectivity index (χ2n) is 5.62. The summed E-state index contributed by atoms with van der Waals surface area (Å²) >= 11 is 0. The molecule has 0 amide bonds. The second-order valence-corrected chi connectivity index (χ2v) is 5.62. The molecule has 0 unspecified atom stereocenters. The van der Waals surface area contributed by atoms with E-state index in [1.54, 1.807) is 12.3 Å². The summed E-state index contributed by atoms with van der Waals surface area (Å²) in [6, 6.07) is 6.35. The third-order valence-electron chi connectivity index (χ3n) is 4.04. The van der Waals surface area contributed by atoms with Gasteiger partial charge in [0.05, 0.1) is 18.2 Å². The topological polar surface area (TPSA) is 77.5 Å². The van der Waals surface area contributed by atoms with Gasteiger partial charge in [-0.1, -0.05) is 0 Å². The molecule has 4 rings (SSSR count). The molecule has 0 atom stereocenters. The summed E-state index contributed by atoms with van der Waals surface area (Å²) in [6.07, 6.45) is 4.23. The van der Waals surface area contributed by atoms with E-state index in [0.717, 1.165) is 17.2 Å². The van der Waals surface area contributed by atoms with Crippen molar-refractivity contribution in [1.29, 1.82) is 5.26 Å². The molecule has 2 aliphatic heterocycles. The van der Waals surface area contributed by atoms with Crippen LogP contribution in [0.4, 0.5) is 10.1 Å². The van der Waals surface area contributed by atoms with Crippen LogP contribution in [0.5, 0.6) is 0 Å². The van der Waals surface area contributed by atoms with E-state index in [-0.39, 0.29) is 0 Å². The predicted molar refractivity (Wildman–Crippen MR) is 86.8 cm³/mol. The SMILES string of the molecule is N#Cc1cc(F)cc(N2CCc3oc(C4=CC=NCN4)nc3C2)c1. The van der Waals surface area contributed by atoms with Gasteiger partial charge in [-0.15, -0.1) is 0 Å². The standard InChI is InChI=1S/C17H14FN5O/c18-12-5-11(8-19)6-13(7-12)23-4-2-16-15(9-23)22-17(24-16)14-1-3-20-10-21-14/h1,3,5-7,21H,2,4,9-10H2. The van der Waals surface area contributed by atoms with Gasteiger partial charge in [0.25, 0.3) is 0 Å². The van der Waals surface area contributed by atoms with Gasteiger partial charge in [0, 0.05) is 24.9 Å². The minimum absolute atomic E-state index is 0.312. The highest BCUT2D eigenvalue weighted by atomic mass is 19.1. The lowest BCUT2D eigenvalue weighted by Gasteiger charge is -2.27. The molecule has 7 heteroatoms. The number of allylic oxidation sites excluding steroid dienone is 1. The molecule has 2 aromatic rings. The number of aromatic nitrogens is 1. The zero-order valence-electron chi connectivity index (χ0n) is 12.8. The summed E-state index contributed by atoms with van der Waals surface area (Å²) in [5, 5.41) is 12.1. The fourth-order valence-electron chi connectivity index (χ4n) is 2.87. The number of rotatable bonds is 2. The lowest BCUT2D eigenvalue weighted by molar-refractivity contribution is 0.474. The number of hydrogen-bond acceptors (Lipinski definition) is 6. The minimum Gasteiger partial charge on any atom is -0.440 e. The molecule has 0 fully saturated rings. The number of aliphatic imine (C=N–C) groups is 1. The number of nitriles is 1. The Morgan fingerprint density at radius 1 is 1.33 bits per heavy atom. The maximum atomic E-state index is 13.7. The third-order valence-corrected chi connectivity index (χ3v) is 4.04. The monoisotopic (exact) mass is 323 g/mol. The normalized spacial score (nSPS) is 16.2. The first-order valence-electron chi connectivity index (χ1n) is 7.61. The lowest BCUT2D eigenvalue weighted by Crippen LogP contribution is -2.30. The van der Waals surface area contributed by atoms with E-state index in [1.807, 2.05) is 17.0 Å². The highest BCUT2D eigenvalue weighted by Gasteiger charge is 2.24.